The maximum absolute atomic E-state index is 12.5. The second-order valence-corrected chi connectivity index (χ2v) is 4.32. The van der Waals surface area contributed by atoms with Crippen LogP contribution in [0.5, 0.6) is 0 Å². The molecule has 0 spiro atoms. The highest BCUT2D eigenvalue weighted by Crippen LogP contribution is 2.03. The van der Waals surface area contributed by atoms with E-state index in [2.05, 4.69) is 10.1 Å². The summed E-state index contributed by atoms with van der Waals surface area (Å²) < 4.78 is 3.10. The van der Waals surface area contributed by atoms with E-state index in [1.807, 2.05) is 0 Å². The van der Waals surface area contributed by atoms with Crippen molar-refractivity contribution in [2.24, 2.45) is 30.7 Å². The third-order valence-corrected chi connectivity index (χ3v) is 2.78. The van der Waals surface area contributed by atoms with Crippen LogP contribution >= 0.6 is 0 Å². The van der Waals surface area contributed by atoms with E-state index in [0.717, 1.165) is 11.5 Å². The first kappa shape index (κ1) is 14.3. The molecule has 0 saturated carbocycles. The molecule has 0 fully saturated rings. The number of carbonyl (C=O) groups is 1. The molecular formula is C10H14N8O3. The lowest BCUT2D eigenvalue weighted by molar-refractivity contribution is -0.118. The fourth-order valence-electron chi connectivity index (χ4n) is 1.86. The Morgan fingerprint density at radius 2 is 1.95 bits per heavy atom. The van der Waals surface area contributed by atoms with Gasteiger partial charge in [0.2, 0.25) is 5.96 Å². The lowest BCUT2D eigenvalue weighted by Crippen LogP contribution is -2.53. The molecule has 2 aromatic heterocycles. The fraction of sp³-hybridized carbons (Fsp3) is 0.300. The Labute approximate surface area is 117 Å². The monoisotopic (exact) mass is 294 g/mol. The van der Waals surface area contributed by atoms with E-state index in [1.54, 1.807) is 7.05 Å². The van der Waals surface area contributed by atoms with Crippen LogP contribution in [-0.2, 0) is 18.9 Å². The molecule has 0 aliphatic rings. The second kappa shape index (κ2) is 4.77. The van der Waals surface area contributed by atoms with E-state index in [-0.39, 0.29) is 11.2 Å². The molecule has 11 heteroatoms. The second-order valence-electron chi connectivity index (χ2n) is 4.32. The summed E-state index contributed by atoms with van der Waals surface area (Å²) in [5, 5.41) is 4.03. The summed E-state index contributed by atoms with van der Waals surface area (Å²) in [7, 11) is 3.01. The first-order valence-electron chi connectivity index (χ1n) is 5.79. The van der Waals surface area contributed by atoms with E-state index >= 15 is 0 Å². The SMILES string of the molecule is CC(=O)N(N=C(N)N)n1c(=O)c2c(ncn2C)n(C)c1=O. The molecule has 4 N–H and O–H groups in total. The Morgan fingerprint density at radius 3 is 2.48 bits per heavy atom. The average molecular weight is 294 g/mol. The molecule has 0 atom stereocenters. The van der Waals surface area contributed by atoms with Crippen molar-refractivity contribution in [1.29, 1.82) is 0 Å². The van der Waals surface area contributed by atoms with Crippen LogP contribution in [0.1, 0.15) is 6.92 Å². The van der Waals surface area contributed by atoms with Crippen LogP contribution in [0, 0.1) is 0 Å². The molecule has 112 valence electrons. The number of imidazole rings is 1. The van der Waals surface area contributed by atoms with Gasteiger partial charge in [-0.15, -0.1) is 14.9 Å². The van der Waals surface area contributed by atoms with Gasteiger partial charge in [0.1, 0.15) is 0 Å². The molecule has 0 radical (unpaired) electrons. The summed E-state index contributed by atoms with van der Waals surface area (Å²) in [4.78, 5) is 40.3. The molecule has 0 unspecified atom stereocenters. The van der Waals surface area contributed by atoms with Crippen LogP contribution in [-0.4, -0.2) is 30.7 Å². The maximum Gasteiger partial charge on any atom is 0.353 e. The van der Waals surface area contributed by atoms with Gasteiger partial charge in [-0.2, -0.15) is 0 Å². The van der Waals surface area contributed by atoms with Gasteiger partial charge in [-0.3, -0.25) is 14.2 Å². The lowest BCUT2D eigenvalue weighted by atomic mass is 10.5. The minimum absolute atomic E-state index is 0.133. The van der Waals surface area contributed by atoms with E-state index in [4.69, 9.17) is 11.5 Å². The van der Waals surface area contributed by atoms with Gasteiger partial charge < -0.3 is 16.0 Å². The fourth-order valence-corrected chi connectivity index (χ4v) is 1.86. The largest absolute Gasteiger partial charge is 0.369 e. The third-order valence-electron chi connectivity index (χ3n) is 2.78. The van der Waals surface area contributed by atoms with Crippen LogP contribution in [0.4, 0.5) is 0 Å². The topological polar surface area (TPSA) is 147 Å². The summed E-state index contributed by atoms with van der Waals surface area (Å²) in [6.07, 6.45) is 1.38. The Bertz CT molecular complexity index is 867. The summed E-state index contributed by atoms with van der Waals surface area (Å²) in [5.74, 6) is -1.17. The third kappa shape index (κ3) is 2.13. The van der Waals surface area contributed by atoms with E-state index in [9.17, 15) is 14.4 Å². The Morgan fingerprint density at radius 1 is 1.33 bits per heavy atom. The number of hydrazone groups is 1. The first-order chi connectivity index (χ1) is 9.75. The van der Waals surface area contributed by atoms with Crippen LogP contribution in [0.25, 0.3) is 11.2 Å². The molecule has 2 rings (SSSR count). The number of amides is 1. The Balaban J connectivity index is 2.95. The standard InChI is InChI=1S/C10H14N8O3/c1-5(19)18(14-9(11)12)17-8(20)6-7(13-4-15(6)2)16(3)10(17)21/h4H,1-3H3,(H4,11,12,14). The van der Waals surface area contributed by atoms with Gasteiger partial charge in [-0.25, -0.2) is 9.78 Å². The molecule has 11 nitrogen and oxygen atoms in total. The zero-order chi connectivity index (χ0) is 15.9. The van der Waals surface area contributed by atoms with Gasteiger partial charge in [0.05, 0.1) is 6.33 Å². The van der Waals surface area contributed by atoms with Crippen LogP contribution in [0.2, 0.25) is 0 Å². The molecule has 0 aliphatic carbocycles. The van der Waals surface area contributed by atoms with Gasteiger partial charge in [0.15, 0.2) is 11.2 Å². The number of nitrogens with two attached hydrogens (primary N) is 2. The normalized spacial score (nSPS) is 10.6. The highest BCUT2D eigenvalue weighted by Gasteiger charge is 2.21. The Kier molecular flexibility index (Phi) is 3.25. The van der Waals surface area contributed by atoms with Crippen molar-refractivity contribution in [1.82, 2.24) is 18.8 Å². The molecule has 2 heterocycles. The summed E-state index contributed by atoms with van der Waals surface area (Å²) in [6, 6.07) is 0. The van der Waals surface area contributed by atoms with Crippen molar-refractivity contribution in [3.05, 3.63) is 27.2 Å². The number of nitrogens with zero attached hydrogens (tertiary/aromatic N) is 6. The van der Waals surface area contributed by atoms with Crippen LogP contribution in [0.15, 0.2) is 21.0 Å². The van der Waals surface area contributed by atoms with Crippen LogP contribution < -0.4 is 27.8 Å². The van der Waals surface area contributed by atoms with Crippen molar-refractivity contribution in [3.8, 4) is 0 Å². The number of guanidine groups is 1. The molecule has 2 aromatic rings. The van der Waals surface area contributed by atoms with E-state index in [0.29, 0.717) is 9.79 Å². The van der Waals surface area contributed by atoms with Crippen molar-refractivity contribution < 1.29 is 4.79 Å². The molecule has 0 saturated heterocycles. The van der Waals surface area contributed by atoms with Gasteiger partial charge >= 0.3 is 11.2 Å². The average Bonchev–Trinajstić information content (AvgIpc) is 2.77. The molecular weight excluding hydrogens is 280 g/mol. The molecule has 0 aliphatic heterocycles. The summed E-state index contributed by atoms with van der Waals surface area (Å²) >= 11 is 0. The van der Waals surface area contributed by atoms with Crippen molar-refractivity contribution >= 4 is 23.0 Å². The predicted molar refractivity (Wildman–Crippen MR) is 74.9 cm³/mol. The van der Waals surface area contributed by atoms with Gasteiger partial charge in [-0.1, -0.05) is 0 Å². The molecule has 0 aromatic carbocycles. The lowest BCUT2D eigenvalue weighted by Gasteiger charge is -2.17. The molecule has 1 amide bonds. The smallest absolute Gasteiger partial charge is 0.353 e. The zero-order valence-electron chi connectivity index (χ0n) is 11.6. The number of fused-ring (bicyclic) bond motifs is 1. The number of aryl methyl sites for hydroxylation is 2. The quantitative estimate of drug-likeness (QED) is 0.345. The summed E-state index contributed by atoms with van der Waals surface area (Å²) in [6.45, 7) is 1.12. The zero-order valence-corrected chi connectivity index (χ0v) is 11.6. The highest BCUT2D eigenvalue weighted by atomic mass is 16.2. The number of hydrogen-bond acceptors (Lipinski definition) is 5. The van der Waals surface area contributed by atoms with Gasteiger partial charge in [0.25, 0.3) is 5.91 Å². The number of carbonyl (C=O) groups excluding carboxylic acids is 1. The minimum Gasteiger partial charge on any atom is -0.369 e. The van der Waals surface area contributed by atoms with Gasteiger partial charge in [0, 0.05) is 21.0 Å². The van der Waals surface area contributed by atoms with Crippen molar-refractivity contribution in [2.75, 3.05) is 5.12 Å². The van der Waals surface area contributed by atoms with Crippen molar-refractivity contribution in [2.45, 2.75) is 6.92 Å². The molecule has 21 heavy (non-hydrogen) atoms. The summed E-state index contributed by atoms with van der Waals surface area (Å²) in [5.41, 5.74) is 9.21. The first-order valence-corrected chi connectivity index (χ1v) is 5.79. The number of aromatic nitrogens is 4. The maximum atomic E-state index is 12.5. The number of hydrogen-bond donors (Lipinski definition) is 2. The highest BCUT2D eigenvalue weighted by molar-refractivity contribution is 5.87. The van der Waals surface area contributed by atoms with Crippen LogP contribution in [0.3, 0.4) is 0 Å². The van der Waals surface area contributed by atoms with E-state index < -0.39 is 23.1 Å². The molecule has 0 bridgehead atoms. The van der Waals surface area contributed by atoms with E-state index in [1.165, 1.54) is 17.9 Å². The number of rotatable bonds is 2. The Hall–Kier alpha value is -3.11. The minimum atomic E-state index is -0.800. The van der Waals surface area contributed by atoms with Crippen molar-refractivity contribution in [3.63, 3.8) is 0 Å². The predicted octanol–water partition coefficient (Wildman–Crippen LogP) is -2.89. The van der Waals surface area contributed by atoms with Gasteiger partial charge in [-0.05, 0) is 0 Å².